The Morgan fingerprint density at radius 3 is 2.66 bits per heavy atom. The molecule has 1 fully saturated rings. The number of rotatable bonds is 5. The molecule has 3 aromatic heterocycles. The van der Waals surface area contributed by atoms with Crippen LogP contribution in [-0.2, 0) is 4.74 Å². The number of nitrogens with zero attached hydrogens (tertiary/aromatic N) is 3. The molecule has 5 aromatic rings. The first-order valence-corrected chi connectivity index (χ1v) is 11.8. The van der Waals surface area contributed by atoms with Crippen LogP contribution in [0.5, 0.6) is 0 Å². The predicted octanol–water partition coefficient (Wildman–Crippen LogP) is 4.48. The van der Waals surface area contributed by atoms with Crippen molar-refractivity contribution >= 4 is 33.3 Å². The average Bonchev–Trinajstić information content (AvgIpc) is 3.32. The summed E-state index contributed by atoms with van der Waals surface area (Å²) < 4.78 is 5.48. The van der Waals surface area contributed by atoms with Gasteiger partial charge in [-0.05, 0) is 43.3 Å². The van der Waals surface area contributed by atoms with Gasteiger partial charge in [-0.3, -0.25) is 9.78 Å². The van der Waals surface area contributed by atoms with E-state index in [0.29, 0.717) is 11.4 Å². The van der Waals surface area contributed by atoms with Crippen LogP contribution in [0.2, 0.25) is 0 Å². The Bertz CT molecular complexity index is 1550. The number of ether oxygens (including phenoxy) is 1. The van der Waals surface area contributed by atoms with E-state index in [9.17, 15) is 4.79 Å². The molecule has 8 heteroatoms. The average molecular weight is 467 g/mol. The number of anilines is 2. The third kappa shape index (κ3) is 4.02. The minimum Gasteiger partial charge on any atom is -0.378 e. The van der Waals surface area contributed by atoms with Crippen molar-refractivity contribution in [1.29, 1.82) is 0 Å². The second-order valence-electron chi connectivity index (χ2n) is 8.76. The van der Waals surface area contributed by atoms with Gasteiger partial charge in [-0.25, -0.2) is 4.98 Å². The molecule has 0 amide bonds. The summed E-state index contributed by atoms with van der Waals surface area (Å²) in [7, 11) is 0. The fraction of sp³-hybridized carbons (Fsp3) is 0.222. The van der Waals surface area contributed by atoms with E-state index in [-0.39, 0.29) is 11.6 Å². The quantitative estimate of drug-likeness (QED) is 0.353. The van der Waals surface area contributed by atoms with Crippen molar-refractivity contribution in [2.75, 3.05) is 36.5 Å². The first-order chi connectivity index (χ1) is 17.2. The van der Waals surface area contributed by atoms with E-state index in [4.69, 9.17) is 9.72 Å². The minimum absolute atomic E-state index is 0.113. The summed E-state index contributed by atoms with van der Waals surface area (Å²) in [4.78, 5) is 31.4. The number of hydrogen-bond donors (Lipinski definition) is 3. The zero-order valence-electron chi connectivity index (χ0n) is 19.4. The van der Waals surface area contributed by atoms with Gasteiger partial charge in [0.1, 0.15) is 11.4 Å². The summed E-state index contributed by atoms with van der Waals surface area (Å²) >= 11 is 0. The van der Waals surface area contributed by atoms with Gasteiger partial charge in [0, 0.05) is 30.4 Å². The van der Waals surface area contributed by atoms with Gasteiger partial charge in [0.15, 0.2) is 0 Å². The fourth-order valence-electron chi connectivity index (χ4n) is 4.68. The molecule has 6 rings (SSSR count). The highest BCUT2D eigenvalue weighted by molar-refractivity contribution is 5.99. The minimum atomic E-state index is -0.202. The molecule has 0 saturated carbocycles. The second-order valence-corrected chi connectivity index (χ2v) is 8.76. The van der Waals surface area contributed by atoms with Crippen LogP contribution in [0.1, 0.15) is 18.7 Å². The van der Waals surface area contributed by atoms with Crippen LogP contribution in [0, 0.1) is 0 Å². The third-order valence-corrected chi connectivity index (χ3v) is 6.49. The third-order valence-electron chi connectivity index (χ3n) is 6.49. The lowest BCUT2D eigenvalue weighted by Crippen LogP contribution is -2.36. The van der Waals surface area contributed by atoms with Gasteiger partial charge in [0.05, 0.1) is 47.2 Å². The Kier molecular flexibility index (Phi) is 5.42. The molecule has 4 heterocycles. The maximum atomic E-state index is 13.4. The zero-order chi connectivity index (χ0) is 23.8. The number of nitrogens with one attached hydrogen (secondary N) is 3. The molecule has 1 atom stereocenters. The molecule has 0 bridgehead atoms. The summed E-state index contributed by atoms with van der Waals surface area (Å²) in [6.07, 6.45) is 1.77. The highest BCUT2D eigenvalue weighted by atomic mass is 16.5. The number of hydrogen-bond acceptors (Lipinski definition) is 6. The Hall–Kier alpha value is -4.17. The number of H-pyrrole nitrogens is 2. The largest absolute Gasteiger partial charge is 0.378 e. The lowest BCUT2D eigenvalue weighted by atomic mass is 10.1. The normalized spacial score (nSPS) is 14.9. The summed E-state index contributed by atoms with van der Waals surface area (Å²) in [5.41, 5.74) is 5.49. The van der Waals surface area contributed by atoms with Gasteiger partial charge in [-0.1, -0.05) is 24.3 Å². The van der Waals surface area contributed by atoms with Crippen molar-refractivity contribution in [3.63, 3.8) is 0 Å². The van der Waals surface area contributed by atoms with Crippen molar-refractivity contribution in [2.45, 2.75) is 13.0 Å². The van der Waals surface area contributed by atoms with E-state index in [1.165, 1.54) is 0 Å². The summed E-state index contributed by atoms with van der Waals surface area (Å²) in [6, 6.07) is 19.7. The van der Waals surface area contributed by atoms with Gasteiger partial charge < -0.3 is 24.9 Å². The van der Waals surface area contributed by atoms with Gasteiger partial charge in [-0.15, -0.1) is 0 Å². The standard InChI is InChI=1S/C27H26N6O2/c1-17(20-7-4-5-11-28-20)29-25-19-6-2-3-8-21(19)32-27(34)24(25)26-30-22-10-9-18(16-23(22)31-26)33-12-14-35-15-13-33/h2-11,16-17H,12-15H2,1H3,(H,30,31)(H2,29,32,34). The lowest BCUT2D eigenvalue weighted by molar-refractivity contribution is 0.122. The van der Waals surface area contributed by atoms with Crippen LogP contribution in [0.15, 0.2) is 71.7 Å². The van der Waals surface area contributed by atoms with Crippen LogP contribution >= 0.6 is 0 Å². The molecule has 176 valence electrons. The number of morpholine rings is 1. The van der Waals surface area contributed by atoms with Crippen molar-refractivity contribution in [2.24, 2.45) is 0 Å². The molecule has 2 aromatic carbocycles. The van der Waals surface area contributed by atoms with Crippen molar-refractivity contribution in [1.82, 2.24) is 19.9 Å². The highest BCUT2D eigenvalue weighted by Gasteiger charge is 2.21. The summed E-state index contributed by atoms with van der Waals surface area (Å²) in [5.74, 6) is 0.529. The molecule has 0 aliphatic carbocycles. The monoisotopic (exact) mass is 466 g/mol. The topological polar surface area (TPSA) is 98.9 Å². The number of pyridine rings is 2. The Morgan fingerprint density at radius 1 is 1.00 bits per heavy atom. The molecule has 0 spiro atoms. The van der Waals surface area contributed by atoms with E-state index in [0.717, 1.165) is 65.3 Å². The van der Waals surface area contributed by atoms with Crippen molar-refractivity contribution in [3.05, 3.63) is 82.9 Å². The Morgan fingerprint density at radius 2 is 1.83 bits per heavy atom. The van der Waals surface area contributed by atoms with Gasteiger partial charge in [-0.2, -0.15) is 0 Å². The first-order valence-electron chi connectivity index (χ1n) is 11.8. The van der Waals surface area contributed by atoms with Gasteiger partial charge in [0.25, 0.3) is 5.56 Å². The molecule has 1 unspecified atom stereocenters. The summed E-state index contributed by atoms with van der Waals surface area (Å²) in [6.45, 7) is 5.20. The molecular weight excluding hydrogens is 440 g/mol. The number of fused-ring (bicyclic) bond motifs is 2. The maximum Gasteiger partial charge on any atom is 0.261 e. The number of aromatic nitrogens is 4. The lowest BCUT2D eigenvalue weighted by Gasteiger charge is -2.28. The number of aromatic amines is 2. The van der Waals surface area contributed by atoms with E-state index in [1.807, 2.05) is 55.5 Å². The molecule has 3 N–H and O–H groups in total. The van der Waals surface area contributed by atoms with Crippen LogP contribution in [-0.4, -0.2) is 46.2 Å². The fourth-order valence-corrected chi connectivity index (χ4v) is 4.68. The smallest absolute Gasteiger partial charge is 0.261 e. The maximum absolute atomic E-state index is 13.4. The van der Waals surface area contributed by atoms with E-state index < -0.39 is 0 Å². The summed E-state index contributed by atoms with van der Waals surface area (Å²) in [5, 5.41) is 4.47. The number of benzene rings is 2. The molecule has 1 aliphatic rings. The number of para-hydroxylation sites is 1. The highest BCUT2D eigenvalue weighted by Crippen LogP contribution is 2.33. The Balaban J connectivity index is 1.47. The molecule has 1 saturated heterocycles. The van der Waals surface area contributed by atoms with E-state index >= 15 is 0 Å². The molecular formula is C27H26N6O2. The van der Waals surface area contributed by atoms with E-state index in [2.05, 4.69) is 37.3 Å². The molecule has 1 aliphatic heterocycles. The van der Waals surface area contributed by atoms with Crippen LogP contribution in [0.25, 0.3) is 33.3 Å². The molecule has 8 nitrogen and oxygen atoms in total. The Labute approximate surface area is 202 Å². The number of imidazole rings is 1. The van der Waals surface area contributed by atoms with Crippen LogP contribution in [0.3, 0.4) is 0 Å². The van der Waals surface area contributed by atoms with Gasteiger partial charge >= 0.3 is 0 Å². The first kappa shape index (κ1) is 21.4. The van der Waals surface area contributed by atoms with Gasteiger partial charge in [0.2, 0.25) is 0 Å². The van der Waals surface area contributed by atoms with Crippen molar-refractivity contribution < 1.29 is 4.74 Å². The molecule has 0 radical (unpaired) electrons. The van der Waals surface area contributed by atoms with E-state index in [1.54, 1.807) is 6.20 Å². The van der Waals surface area contributed by atoms with Crippen molar-refractivity contribution in [3.8, 4) is 11.4 Å². The molecule has 35 heavy (non-hydrogen) atoms. The van der Waals surface area contributed by atoms with Crippen LogP contribution in [0.4, 0.5) is 11.4 Å². The predicted molar refractivity (Wildman–Crippen MR) is 139 cm³/mol. The zero-order valence-corrected chi connectivity index (χ0v) is 19.4. The van der Waals surface area contributed by atoms with Crippen LogP contribution < -0.4 is 15.8 Å². The second kappa shape index (κ2) is 8.88. The SMILES string of the molecule is CC(Nc1c(-c2nc3ccc(N4CCOCC4)cc3[nH]2)c(=O)[nH]c2ccccc12)c1ccccn1.